The molecular formula is C28H38N4O2. The van der Waals surface area contributed by atoms with Crippen LogP contribution in [0.15, 0.2) is 46.6 Å². The van der Waals surface area contributed by atoms with E-state index in [2.05, 4.69) is 47.0 Å². The lowest BCUT2D eigenvalue weighted by atomic mass is 10.0. The Kier molecular flexibility index (Phi) is 10.7. The van der Waals surface area contributed by atoms with Crippen molar-refractivity contribution in [3.05, 3.63) is 69.8 Å². The summed E-state index contributed by atoms with van der Waals surface area (Å²) in [5.41, 5.74) is 13.7. The Hall–Kier alpha value is -3.28. The van der Waals surface area contributed by atoms with Gasteiger partial charge in [0.25, 0.3) is 0 Å². The SMILES string of the molecule is C/C(=N/NC(=O)CCCCCCC(=O)N/N=C(/C)c1ccc(C)cc1C)c1ccc(C)cc1C. The van der Waals surface area contributed by atoms with E-state index in [1.165, 1.54) is 11.1 Å². The van der Waals surface area contributed by atoms with Gasteiger partial charge in [-0.2, -0.15) is 10.2 Å². The van der Waals surface area contributed by atoms with Crippen LogP contribution in [0.5, 0.6) is 0 Å². The van der Waals surface area contributed by atoms with Crippen LogP contribution in [0.1, 0.15) is 85.8 Å². The second kappa shape index (κ2) is 13.4. The largest absolute Gasteiger partial charge is 0.273 e. The van der Waals surface area contributed by atoms with Crippen molar-refractivity contribution in [2.75, 3.05) is 0 Å². The van der Waals surface area contributed by atoms with E-state index in [0.717, 1.165) is 59.4 Å². The number of carbonyl (C=O) groups excluding carboxylic acids is 2. The number of hydrogen-bond donors (Lipinski definition) is 2. The molecule has 0 aromatic heterocycles. The Morgan fingerprint density at radius 1 is 0.647 bits per heavy atom. The van der Waals surface area contributed by atoms with Crippen LogP contribution in [0.4, 0.5) is 0 Å². The highest BCUT2D eigenvalue weighted by Crippen LogP contribution is 2.13. The van der Waals surface area contributed by atoms with Gasteiger partial charge in [0.1, 0.15) is 0 Å². The van der Waals surface area contributed by atoms with Crippen molar-refractivity contribution in [2.45, 2.75) is 80.1 Å². The van der Waals surface area contributed by atoms with Crippen LogP contribution in [-0.4, -0.2) is 23.2 Å². The van der Waals surface area contributed by atoms with Gasteiger partial charge in [0.05, 0.1) is 11.4 Å². The maximum atomic E-state index is 12.1. The highest BCUT2D eigenvalue weighted by Gasteiger charge is 2.06. The van der Waals surface area contributed by atoms with Crippen molar-refractivity contribution in [1.82, 2.24) is 10.9 Å². The summed E-state index contributed by atoms with van der Waals surface area (Å²) >= 11 is 0. The molecule has 6 heteroatoms. The van der Waals surface area contributed by atoms with E-state index in [0.29, 0.717) is 12.8 Å². The number of unbranched alkanes of at least 4 members (excludes halogenated alkanes) is 3. The van der Waals surface area contributed by atoms with E-state index in [-0.39, 0.29) is 11.8 Å². The third kappa shape index (κ3) is 8.93. The van der Waals surface area contributed by atoms with Crippen LogP contribution in [0.2, 0.25) is 0 Å². The first-order valence-corrected chi connectivity index (χ1v) is 12.0. The predicted octanol–water partition coefficient (Wildman–Crippen LogP) is 5.64. The monoisotopic (exact) mass is 462 g/mol. The van der Waals surface area contributed by atoms with E-state index < -0.39 is 0 Å². The fraction of sp³-hybridized carbons (Fsp3) is 0.429. The minimum Gasteiger partial charge on any atom is -0.273 e. The fourth-order valence-corrected chi connectivity index (χ4v) is 3.89. The second-order valence-electron chi connectivity index (χ2n) is 9.02. The Balaban J connectivity index is 1.62. The van der Waals surface area contributed by atoms with Gasteiger partial charge in [-0.1, -0.05) is 60.4 Å². The molecule has 2 aromatic carbocycles. The van der Waals surface area contributed by atoms with Crippen LogP contribution in [0.25, 0.3) is 0 Å². The Morgan fingerprint density at radius 2 is 1.03 bits per heavy atom. The summed E-state index contributed by atoms with van der Waals surface area (Å²) in [5.74, 6) is -0.170. The number of rotatable bonds is 11. The average Bonchev–Trinajstić information content (AvgIpc) is 2.78. The van der Waals surface area contributed by atoms with Gasteiger partial charge >= 0.3 is 0 Å². The zero-order valence-electron chi connectivity index (χ0n) is 21.4. The number of hydrogen-bond acceptors (Lipinski definition) is 4. The number of carbonyl (C=O) groups is 2. The molecule has 0 aliphatic rings. The maximum absolute atomic E-state index is 12.1. The molecule has 0 radical (unpaired) electrons. The first kappa shape index (κ1) is 27.0. The lowest BCUT2D eigenvalue weighted by molar-refractivity contribution is -0.122. The molecule has 0 unspecified atom stereocenters. The number of hydrazone groups is 2. The fourth-order valence-electron chi connectivity index (χ4n) is 3.89. The Labute approximate surface area is 203 Å². The molecule has 0 saturated heterocycles. The van der Waals surface area contributed by atoms with Gasteiger partial charge in [0.2, 0.25) is 11.8 Å². The Morgan fingerprint density at radius 3 is 1.38 bits per heavy atom. The van der Waals surface area contributed by atoms with Crippen molar-refractivity contribution in [3.63, 3.8) is 0 Å². The van der Waals surface area contributed by atoms with E-state index >= 15 is 0 Å². The smallest absolute Gasteiger partial charge is 0.240 e. The lowest BCUT2D eigenvalue weighted by Gasteiger charge is -2.07. The molecule has 0 aliphatic carbocycles. The molecule has 0 aliphatic heterocycles. The number of aryl methyl sites for hydroxylation is 4. The molecule has 2 rings (SSSR count). The first-order chi connectivity index (χ1) is 16.2. The molecule has 2 amide bonds. The van der Waals surface area contributed by atoms with Crippen molar-refractivity contribution < 1.29 is 9.59 Å². The van der Waals surface area contributed by atoms with Gasteiger partial charge in [0, 0.05) is 24.0 Å². The van der Waals surface area contributed by atoms with Gasteiger partial charge in [-0.15, -0.1) is 0 Å². The van der Waals surface area contributed by atoms with E-state index in [4.69, 9.17) is 0 Å². The van der Waals surface area contributed by atoms with Crippen LogP contribution in [-0.2, 0) is 9.59 Å². The van der Waals surface area contributed by atoms with Gasteiger partial charge in [-0.3, -0.25) is 9.59 Å². The van der Waals surface area contributed by atoms with E-state index in [1.807, 2.05) is 52.0 Å². The summed E-state index contributed by atoms with van der Waals surface area (Å²) in [6.45, 7) is 12.0. The molecule has 0 saturated carbocycles. The summed E-state index contributed by atoms with van der Waals surface area (Å²) in [6.07, 6.45) is 4.19. The van der Waals surface area contributed by atoms with Gasteiger partial charge < -0.3 is 0 Å². The third-order valence-corrected chi connectivity index (χ3v) is 5.80. The van der Waals surface area contributed by atoms with Crippen molar-refractivity contribution in [3.8, 4) is 0 Å². The zero-order chi connectivity index (χ0) is 25.1. The van der Waals surface area contributed by atoms with Gasteiger partial charge in [-0.25, -0.2) is 10.9 Å². The molecule has 2 aromatic rings. The molecule has 0 spiro atoms. The maximum Gasteiger partial charge on any atom is 0.240 e. The molecule has 0 bridgehead atoms. The standard InChI is InChI=1S/C28H38N4O2/c1-19-13-15-25(21(3)17-19)23(5)29-31-27(33)11-9-7-8-10-12-28(34)32-30-24(6)26-16-14-20(2)18-22(26)4/h13-18H,7-12H2,1-6H3,(H,31,33)(H,32,34)/b29-23-,30-24-. The number of benzene rings is 2. The summed E-state index contributed by atoms with van der Waals surface area (Å²) in [4.78, 5) is 24.1. The molecule has 6 nitrogen and oxygen atoms in total. The van der Waals surface area contributed by atoms with Crippen molar-refractivity contribution in [1.29, 1.82) is 0 Å². The molecule has 34 heavy (non-hydrogen) atoms. The summed E-state index contributed by atoms with van der Waals surface area (Å²) < 4.78 is 0. The number of nitrogens with zero attached hydrogens (tertiary/aromatic N) is 2. The predicted molar refractivity (Wildman–Crippen MR) is 140 cm³/mol. The van der Waals surface area contributed by atoms with Gasteiger partial charge in [-0.05, 0) is 65.5 Å². The van der Waals surface area contributed by atoms with Crippen LogP contribution in [0.3, 0.4) is 0 Å². The summed E-state index contributed by atoms with van der Waals surface area (Å²) in [6, 6.07) is 12.4. The molecular weight excluding hydrogens is 424 g/mol. The third-order valence-electron chi connectivity index (χ3n) is 5.80. The quantitative estimate of drug-likeness (QED) is 0.257. The first-order valence-electron chi connectivity index (χ1n) is 12.0. The lowest BCUT2D eigenvalue weighted by Crippen LogP contribution is -2.19. The van der Waals surface area contributed by atoms with Crippen LogP contribution in [0, 0.1) is 27.7 Å². The Bertz CT molecular complexity index is 985. The summed E-state index contributed by atoms with van der Waals surface area (Å²) in [5, 5.41) is 8.48. The minimum atomic E-state index is -0.0851. The highest BCUT2D eigenvalue weighted by atomic mass is 16.2. The molecule has 0 heterocycles. The van der Waals surface area contributed by atoms with E-state index in [9.17, 15) is 9.59 Å². The number of amides is 2. The second-order valence-corrected chi connectivity index (χ2v) is 9.02. The normalized spacial score (nSPS) is 11.9. The van der Waals surface area contributed by atoms with Gasteiger partial charge in [0.15, 0.2) is 0 Å². The molecule has 0 fully saturated rings. The highest BCUT2D eigenvalue weighted by molar-refractivity contribution is 6.01. The van der Waals surface area contributed by atoms with Crippen LogP contribution < -0.4 is 10.9 Å². The molecule has 0 atom stereocenters. The topological polar surface area (TPSA) is 82.9 Å². The van der Waals surface area contributed by atoms with Crippen molar-refractivity contribution in [2.24, 2.45) is 10.2 Å². The van der Waals surface area contributed by atoms with E-state index in [1.54, 1.807) is 0 Å². The molecule has 182 valence electrons. The van der Waals surface area contributed by atoms with Crippen LogP contribution >= 0.6 is 0 Å². The zero-order valence-corrected chi connectivity index (χ0v) is 21.4. The van der Waals surface area contributed by atoms with Crippen molar-refractivity contribution >= 4 is 23.2 Å². The number of nitrogens with one attached hydrogen (secondary N) is 2. The summed E-state index contributed by atoms with van der Waals surface area (Å²) in [7, 11) is 0. The minimum absolute atomic E-state index is 0.0851. The average molecular weight is 463 g/mol. The molecule has 2 N–H and O–H groups in total.